The SMILES string of the molecule is [2H]C([2H])([2H])c1cc2oc3c(ccc4oc5c(-c6n(-c7c(C(C)C)cc(-c8ccccc8)cc7C(C)C)c7ccccc7[n+]6C)c(C)ccc5c43)c2cn1. The largest absolute Gasteiger partial charge is 0.455 e. The van der Waals surface area contributed by atoms with Crippen molar-refractivity contribution in [2.75, 3.05) is 0 Å². The van der Waals surface area contributed by atoms with Crippen molar-refractivity contribution < 1.29 is 17.5 Å². The normalized spacial score (nSPS) is 13.4. The Morgan fingerprint density at radius 3 is 2.16 bits per heavy atom. The molecule has 5 aromatic carbocycles. The topological polar surface area (TPSA) is 48.0 Å². The number of furan rings is 2. The molecule has 4 heterocycles. The lowest BCUT2D eigenvalue weighted by Crippen LogP contribution is -2.30. The molecule has 0 spiro atoms. The maximum absolute atomic E-state index is 7.89. The summed E-state index contributed by atoms with van der Waals surface area (Å²) in [5.74, 6) is 1.52. The molecule has 246 valence electrons. The molecule has 9 rings (SSSR count). The molecular formula is C45H40N3O2+. The van der Waals surface area contributed by atoms with E-state index in [-0.39, 0.29) is 17.5 Å². The van der Waals surface area contributed by atoms with Gasteiger partial charge in [-0.25, -0.2) is 4.57 Å². The van der Waals surface area contributed by atoms with Crippen LogP contribution in [0.2, 0.25) is 0 Å². The Morgan fingerprint density at radius 1 is 0.720 bits per heavy atom. The van der Waals surface area contributed by atoms with Gasteiger partial charge in [-0.3, -0.25) is 4.98 Å². The van der Waals surface area contributed by atoms with E-state index in [9.17, 15) is 0 Å². The molecule has 9 aromatic rings. The van der Waals surface area contributed by atoms with Crippen LogP contribution in [0.4, 0.5) is 0 Å². The molecule has 0 amide bonds. The van der Waals surface area contributed by atoms with Crippen molar-refractivity contribution in [1.82, 2.24) is 9.55 Å². The van der Waals surface area contributed by atoms with Crippen LogP contribution in [0.3, 0.4) is 0 Å². The van der Waals surface area contributed by atoms with Crippen molar-refractivity contribution in [1.29, 1.82) is 0 Å². The summed E-state index contributed by atoms with van der Waals surface area (Å²) >= 11 is 0. The van der Waals surface area contributed by atoms with Crippen LogP contribution in [0.1, 0.15) is 66.0 Å². The molecule has 0 saturated carbocycles. The van der Waals surface area contributed by atoms with Gasteiger partial charge in [0.2, 0.25) is 0 Å². The third kappa shape index (κ3) is 4.39. The van der Waals surface area contributed by atoms with Crippen molar-refractivity contribution in [2.24, 2.45) is 7.05 Å². The molecule has 0 radical (unpaired) electrons. The molecule has 4 aromatic heterocycles. The quantitative estimate of drug-likeness (QED) is 0.173. The monoisotopic (exact) mass is 657 g/mol. The van der Waals surface area contributed by atoms with Crippen LogP contribution >= 0.6 is 0 Å². The molecule has 50 heavy (non-hydrogen) atoms. The number of nitrogens with zero attached hydrogens (tertiary/aromatic N) is 3. The second kappa shape index (κ2) is 11.2. The van der Waals surface area contributed by atoms with Gasteiger partial charge in [-0.2, -0.15) is 4.57 Å². The van der Waals surface area contributed by atoms with E-state index in [2.05, 4.69) is 135 Å². The Bertz CT molecular complexity index is 2880. The first-order valence-electron chi connectivity index (χ1n) is 18.8. The molecule has 5 heteroatoms. The number of aromatic nitrogens is 3. The third-order valence-corrected chi connectivity index (χ3v) is 10.3. The molecule has 0 N–H and O–H groups in total. The van der Waals surface area contributed by atoms with Gasteiger partial charge in [0.05, 0.1) is 12.4 Å². The average molecular weight is 658 g/mol. The minimum Gasteiger partial charge on any atom is -0.455 e. The average Bonchev–Trinajstić information content (AvgIpc) is 3.80. The van der Waals surface area contributed by atoms with Crippen molar-refractivity contribution in [3.05, 3.63) is 126 Å². The second-order valence-electron chi connectivity index (χ2n) is 14.1. The summed E-state index contributed by atoms with van der Waals surface area (Å²) in [4.78, 5) is 4.27. The highest BCUT2D eigenvalue weighted by Crippen LogP contribution is 2.45. The number of aryl methyl sites for hydroxylation is 3. The summed E-state index contributed by atoms with van der Waals surface area (Å²) in [7, 11) is 2.14. The van der Waals surface area contributed by atoms with Gasteiger partial charge in [-0.1, -0.05) is 82.3 Å². The number of fused-ring (bicyclic) bond motifs is 8. The molecular weight excluding hydrogens is 615 g/mol. The Labute approximate surface area is 295 Å². The summed E-state index contributed by atoms with van der Waals surface area (Å²) in [5.41, 5.74) is 13.1. The Hall–Kier alpha value is -5.68. The number of hydrogen-bond acceptors (Lipinski definition) is 3. The lowest BCUT2D eigenvalue weighted by atomic mass is 9.88. The van der Waals surface area contributed by atoms with E-state index >= 15 is 0 Å². The molecule has 0 atom stereocenters. The van der Waals surface area contributed by atoms with E-state index in [1.54, 1.807) is 6.20 Å². The molecule has 0 bridgehead atoms. The lowest BCUT2D eigenvalue weighted by molar-refractivity contribution is -0.633. The van der Waals surface area contributed by atoms with Gasteiger partial charge >= 0.3 is 0 Å². The zero-order valence-corrected chi connectivity index (χ0v) is 29.1. The van der Waals surface area contributed by atoms with E-state index in [0.29, 0.717) is 16.7 Å². The molecule has 0 aliphatic heterocycles. The Balaban J connectivity index is 1.38. The second-order valence-corrected chi connectivity index (χ2v) is 14.1. The Morgan fingerprint density at radius 2 is 1.42 bits per heavy atom. The molecule has 0 aliphatic carbocycles. The van der Waals surface area contributed by atoms with E-state index in [1.807, 2.05) is 12.1 Å². The van der Waals surface area contributed by atoms with Crippen molar-refractivity contribution in [2.45, 2.75) is 53.3 Å². The van der Waals surface area contributed by atoms with Crippen LogP contribution in [0.5, 0.6) is 0 Å². The smallest absolute Gasteiger partial charge is 0.299 e. The first-order valence-corrected chi connectivity index (χ1v) is 17.3. The summed E-state index contributed by atoms with van der Waals surface area (Å²) in [6.07, 6.45) is 1.60. The molecule has 0 fully saturated rings. The third-order valence-electron chi connectivity index (χ3n) is 10.3. The van der Waals surface area contributed by atoms with Gasteiger partial charge in [-0.05, 0) is 78.7 Å². The number of pyridine rings is 1. The van der Waals surface area contributed by atoms with Crippen molar-refractivity contribution >= 4 is 54.9 Å². The van der Waals surface area contributed by atoms with Gasteiger partial charge in [0.25, 0.3) is 5.82 Å². The molecule has 0 saturated heterocycles. The van der Waals surface area contributed by atoms with Crippen LogP contribution in [0, 0.1) is 13.8 Å². The molecule has 0 aliphatic rings. The zero-order chi connectivity index (χ0) is 36.9. The zero-order valence-electron chi connectivity index (χ0n) is 32.1. The van der Waals surface area contributed by atoms with Crippen molar-refractivity contribution in [3.8, 4) is 28.2 Å². The highest BCUT2D eigenvalue weighted by atomic mass is 16.3. The van der Waals surface area contributed by atoms with Crippen LogP contribution < -0.4 is 4.57 Å². The summed E-state index contributed by atoms with van der Waals surface area (Å²) < 4.78 is 41.8. The van der Waals surface area contributed by atoms with Crippen LogP contribution in [-0.4, -0.2) is 9.55 Å². The molecule has 0 unspecified atom stereocenters. The highest BCUT2D eigenvalue weighted by Gasteiger charge is 2.34. The maximum atomic E-state index is 7.89. The summed E-state index contributed by atoms with van der Waals surface area (Å²) in [6.45, 7) is 8.94. The lowest BCUT2D eigenvalue weighted by Gasteiger charge is -2.21. The van der Waals surface area contributed by atoms with Gasteiger partial charge in [0.15, 0.2) is 16.6 Å². The van der Waals surface area contributed by atoms with Gasteiger partial charge in [-0.15, -0.1) is 0 Å². The van der Waals surface area contributed by atoms with E-state index in [1.165, 1.54) is 34.0 Å². The highest BCUT2D eigenvalue weighted by molar-refractivity contribution is 6.23. The summed E-state index contributed by atoms with van der Waals surface area (Å²) in [6, 6.07) is 33.8. The number of benzene rings is 5. The van der Waals surface area contributed by atoms with Crippen LogP contribution in [0.15, 0.2) is 112 Å². The van der Waals surface area contributed by atoms with Crippen LogP contribution in [-0.2, 0) is 7.05 Å². The standard InChI is InChI=1S/C45H40N3O2/c1-25(2)33-22-30(29-13-9-8-10-14-29)23-34(26(3)4)42(33)48-37-16-12-11-15-36(37)47(7)45(48)40-27(5)17-18-32-41-38(49-44(32)40)20-19-31-35-24-46-28(6)21-39(35)50-43(31)41/h8-26H,1-7H3/q+1/i6D3. The van der Waals surface area contributed by atoms with E-state index in [0.717, 1.165) is 55.1 Å². The fourth-order valence-electron chi connectivity index (χ4n) is 7.86. The Kier molecular flexibility index (Phi) is 6.07. The predicted molar refractivity (Wildman–Crippen MR) is 205 cm³/mol. The fraction of sp³-hybridized carbons (Fsp3) is 0.200. The minimum absolute atomic E-state index is 0.00826. The van der Waals surface area contributed by atoms with E-state index < -0.39 is 6.85 Å². The molecule has 5 nitrogen and oxygen atoms in total. The number of hydrogen-bond donors (Lipinski definition) is 0. The van der Waals surface area contributed by atoms with Crippen molar-refractivity contribution in [3.63, 3.8) is 0 Å². The van der Waals surface area contributed by atoms with Gasteiger partial charge in [0, 0.05) is 49.4 Å². The predicted octanol–water partition coefficient (Wildman–Crippen LogP) is 11.8. The first kappa shape index (κ1) is 27.2. The van der Waals surface area contributed by atoms with Gasteiger partial charge < -0.3 is 8.83 Å². The van der Waals surface area contributed by atoms with E-state index in [4.69, 9.17) is 12.9 Å². The number of para-hydroxylation sites is 2. The number of imidazole rings is 1. The minimum atomic E-state index is -2.34. The fourth-order valence-corrected chi connectivity index (χ4v) is 7.86. The number of rotatable bonds is 5. The van der Waals surface area contributed by atoms with Gasteiger partial charge in [0.1, 0.15) is 28.0 Å². The van der Waals surface area contributed by atoms with Crippen LogP contribution in [0.25, 0.3) is 83.1 Å². The maximum Gasteiger partial charge on any atom is 0.299 e. The summed E-state index contributed by atoms with van der Waals surface area (Å²) in [5, 5.41) is 3.42. The first-order chi connectivity index (χ1) is 25.4.